The van der Waals surface area contributed by atoms with Gasteiger partial charge in [-0.3, -0.25) is 4.98 Å². The van der Waals surface area contributed by atoms with E-state index in [1.165, 1.54) is 12.8 Å². The zero-order valence-corrected chi connectivity index (χ0v) is 18.1. The van der Waals surface area contributed by atoms with Crippen LogP contribution in [0.5, 0.6) is 0 Å². The van der Waals surface area contributed by atoms with Crippen molar-refractivity contribution in [1.82, 2.24) is 25.0 Å². The van der Waals surface area contributed by atoms with Gasteiger partial charge < -0.3 is 14.7 Å². The highest BCUT2D eigenvalue weighted by Gasteiger charge is 2.45. The van der Waals surface area contributed by atoms with E-state index in [0.29, 0.717) is 17.5 Å². The third-order valence-electron chi connectivity index (χ3n) is 6.96. The zero-order chi connectivity index (χ0) is 20.9. The van der Waals surface area contributed by atoms with Gasteiger partial charge in [-0.2, -0.15) is 0 Å². The van der Waals surface area contributed by atoms with Crippen molar-refractivity contribution in [2.75, 3.05) is 24.6 Å². The molecule has 1 saturated heterocycles. The Balaban J connectivity index is 1.36. The van der Waals surface area contributed by atoms with Crippen LogP contribution in [0.15, 0.2) is 18.6 Å². The lowest BCUT2D eigenvalue weighted by molar-refractivity contribution is -0.0376. The molecule has 8 heteroatoms. The minimum Gasteiger partial charge on any atom is -0.384 e. The van der Waals surface area contributed by atoms with Crippen molar-refractivity contribution in [2.45, 2.75) is 64.2 Å². The summed E-state index contributed by atoms with van der Waals surface area (Å²) in [6.45, 7) is 8.37. The Morgan fingerprint density at radius 2 is 1.87 bits per heavy atom. The molecule has 8 nitrogen and oxygen atoms in total. The first-order valence-electron chi connectivity index (χ1n) is 11.2. The average molecular weight is 413 g/mol. The fourth-order valence-electron chi connectivity index (χ4n) is 4.99. The van der Waals surface area contributed by atoms with Gasteiger partial charge in [0.25, 0.3) is 0 Å². The lowest BCUT2D eigenvalue weighted by atomic mass is 9.77. The Kier molecular flexibility index (Phi) is 5.01. The predicted molar refractivity (Wildman–Crippen MR) is 112 cm³/mol. The van der Waals surface area contributed by atoms with Gasteiger partial charge in [-0.25, -0.2) is 9.67 Å². The summed E-state index contributed by atoms with van der Waals surface area (Å²) in [5.74, 6) is 2.88. The molecule has 5 rings (SSSR count). The van der Waals surface area contributed by atoms with Crippen LogP contribution in [0.2, 0.25) is 0 Å². The summed E-state index contributed by atoms with van der Waals surface area (Å²) in [4.78, 5) is 11.4. The number of nitrogens with zero attached hydrogens (tertiary/aromatic N) is 6. The minimum atomic E-state index is -0.993. The molecule has 0 spiro atoms. The minimum absolute atomic E-state index is 0.131. The van der Waals surface area contributed by atoms with E-state index in [4.69, 9.17) is 4.74 Å². The molecule has 0 bridgehead atoms. The zero-order valence-electron chi connectivity index (χ0n) is 18.1. The van der Waals surface area contributed by atoms with Crippen molar-refractivity contribution < 1.29 is 9.84 Å². The molecule has 3 aliphatic rings. The van der Waals surface area contributed by atoms with Crippen molar-refractivity contribution in [3.8, 4) is 0 Å². The third kappa shape index (κ3) is 3.95. The molecule has 2 aliphatic carbocycles. The number of anilines is 1. The standard InChI is InChI=1S/C22H32N6O2/c1-14-21(24-7-6-23-14)27-10-16-8-18(28-12-20(25-26-28)22(2,3)29)19(9-17(16)11-27)30-13-15-4-5-15/h6-7,12,15-19,29H,4-5,8-11,13H2,1-3H3/t16-,17+,18-,19-/m1/s1. The van der Waals surface area contributed by atoms with Gasteiger partial charge >= 0.3 is 0 Å². The molecule has 2 aromatic heterocycles. The Hall–Kier alpha value is -2.06. The van der Waals surface area contributed by atoms with Gasteiger partial charge in [0.2, 0.25) is 0 Å². The maximum absolute atomic E-state index is 10.3. The summed E-state index contributed by atoms with van der Waals surface area (Å²) in [5.41, 5.74) is 0.599. The number of hydrogen-bond donors (Lipinski definition) is 1. The van der Waals surface area contributed by atoms with E-state index in [1.54, 1.807) is 26.2 Å². The largest absolute Gasteiger partial charge is 0.384 e. The van der Waals surface area contributed by atoms with Crippen molar-refractivity contribution >= 4 is 5.82 Å². The van der Waals surface area contributed by atoms with E-state index >= 15 is 0 Å². The van der Waals surface area contributed by atoms with E-state index in [9.17, 15) is 5.11 Å². The van der Waals surface area contributed by atoms with Gasteiger partial charge in [0.15, 0.2) is 0 Å². The molecule has 3 fully saturated rings. The Labute approximate surface area is 177 Å². The second-order valence-corrected chi connectivity index (χ2v) is 9.89. The smallest absolute Gasteiger partial charge is 0.150 e. The van der Waals surface area contributed by atoms with E-state index < -0.39 is 5.60 Å². The maximum Gasteiger partial charge on any atom is 0.150 e. The second kappa shape index (κ2) is 7.57. The number of hydrogen-bond acceptors (Lipinski definition) is 7. The van der Waals surface area contributed by atoms with Crippen LogP contribution < -0.4 is 4.90 Å². The highest BCUT2D eigenvalue weighted by molar-refractivity contribution is 5.43. The van der Waals surface area contributed by atoms with Gasteiger partial charge in [0, 0.05) is 32.1 Å². The second-order valence-electron chi connectivity index (χ2n) is 9.89. The molecule has 2 saturated carbocycles. The Morgan fingerprint density at radius 1 is 1.13 bits per heavy atom. The summed E-state index contributed by atoms with van der Waals surface area (Å²) >= 11 is 0. The number of aliphatic hydroxyl groups is 1. The van der Waals surface area contributed by atoms with E-state index in [0.717, 1.165) is 50.0 Å². The first-order chi connectivity index (χ1) is 14.4. The molecule has 4 atom stereocenters. The van der Waals surface area contributed by atoms with Crippen molar-refractivity contribution in [1.29, 1.82) is 0 Å². The van der Waals surface area contributed by atoms with Gasteiger partial charge in [-0.05, 0) is 64.2 Å². The van der Waals surface area contributed by atoms with E-state index in [-0.39, 0.29) is 12.1 Å². The SMILES string of the molecule is Cc1nccnc1N1C[C@H]2C[C@@H](n3cc(C(C)(C)O)nn3)[C@H](OCC3CC3)C[C@H]2C1. The van der Waals surface area contributed by atoms with Crippen LogP contribution in [-0.2, 0) is 10.3 Å². The van der Waals surface area contributed by atoms with Crippen molar-refractivity contribution in [3.63, 3.8) is 0 Å². The predicted octanol–water partition coefficient (Wildman–Crippen LogP) is 2.49. The van der Waals surface area contributed by atoms with E-state index in [1.807, 2.05) is 17.8 Å². The van der Waals surface area contributed by atoms with Gasteiger partial charge in [0.1, 0.15) is 17.1 Å². The fraction of sp³-hybridized carbons (Fsp3) is 0.727. The molecule has 3 heterocycles. The number of aromatic nitrogens is 5. The van der Waals surface area contributed by atoms with Crippen LogP contribution in [0.1, 0.15) is 57.0 Å². The van der Waals surface area contributed by atoms with E-state index in [2.05, 4.69) is 25.2 Å². The number of aryl methyl sites for hydroxylation is 1. The Bertz CT molecular complexity index is 890. The third-order valence-corrected chi connectivity index (χ3v) is 6.96. The summed E-state index contributed by atoms with van der Waals surface area (Å²) in [7, 11) is 0. The molecule has 30 heavy (non-hydrogen) atoms. The molecular weight excluding hydrogens is 380 g/mol. The monoisotopic (exact) mass is 412 g/mol. The molecule has 162 valence electrons. The first kappa shape index (κ1) is 19.9. The lowest BCUT2D eigenvalue weighted by Crippen LogP contribution is -2.38. The van der Waals surface area contributed by atoms with Gasteiger partial charge in [-0.1, -0.05) is 5.21 Å². The molecule has 0 radical (unpaired) electrons. The lowest BCUT2D eigenvalue weighted by Gasteiger charge is -2.37. The topological polar surface area (TPSA) is 89.2 Å². The summed E-state index contributed by atoms with van der Waals surface area (Å²) in [6, 6.07) is 0.150. The summed E-state index contributed by atoms with van der Waals surface area (Å²) in [6.07, 6.45) is 10.2. The first-order valence-corrected chi connectivity index (χ1v) is 11.2. The highest BCUT2D eigenvalue weighted by Crippen LogP contribution is 2.44. The maximum atomic E-state index is 10.3. The molecular formula is C22H32N6O2. The van der Waals surface area contributed by atoms with Crippen LogP contribution in [0.25, 0.3) is 0 Å². The molecule has 2 aromatic rings. The van der Waals surface area contributed by atoms with Crippen LogP contribution in [0.3, 0.4) is 0 Å². The fourth-order valence-corrected chi connectivity index (χ4v) is 4.99. The molecule has 0 unspecified atom stereocenters. The number of rotatable bonds is 6. The summed E-state index contributed by atoms with van der Waals surface area (Å²) in [5, 5.41) is 19.0. The van der Waals surface area contributed by atoms with Crippen molar-refractivity contribution in [3.05, 3.63) is 30.0 Å². The quantitative estimate of drug-likeness (QED) is 0.780. The van der Waals surface area contributed by atoms with Crippen molar-refractivity contribution in [2.24, 2.45) is 17.8 Å². The average Bonchev–Trinajstić information content (AvgIpc) is 3.23. The summed E-state index contributed by atoms with van der Waals surface area (Å²) < 4.78 is 8.39. The number of ether oxygens (including phenoxy) is 1. The van der Waals surface area contributed by atoms with Crippen LogP contribution in [-0.4, -0.2) is 55.9 Å². The van der Waals surface area contributed by atoms with Gasteiger partial charge in [-0.15, -0.1) is 5.10 Å². The highest BCUT2D eigenvalue weighted by atomic mass is 16.5. The molecule has 0 aromatic carbocycles. The molecule has 1 N–H and O–H groups in total. The normalized spacial score (nSPS) is 29.3. The number of fused-ring (bicyclic) bond motifs is 1. The van der Waals surface area contributed by atoms with Crippen LogP contribution in [0.4, 0.5) is 5.82 Å². The van der Waals surface area contributed by atoms with Crippen LogP contribution >= 0.6 is 0 Å². The molecule has 0 amide bonds. The van der Waals surface area contributed by atoms with Gasteiger partial charge in [0.05, 0.1) is 24.0 Å². The Morgan fingerprint density at radius 3 is 2.53 bits per heavy atom. The van der Waals surface area contributed by atoms with Crippen LogP contribution in [0, 0.1) is 24.7 Å². The molecule has 1 aliphatic heterocycles.